The SMILES string of the molecule is O=C(NCc1ccc(Cl)cc1)c1cc2cccnc2n(CC(=O)N2CC(F)(F)C2)c1=O. The smallest absolute Gasteiger partial charge is 0.282 e. The zero-order valence-corrected chi connectivity index (χ0v) is 16.9. The van der Waals surface area contributed by atoms with E-state index in [1.165, 1.54) is 12.3 Å². The van der Waals surface area contributed by atoms with Gasteiger partial charge in [0.2, 0.25) is 5.91 Å². The maximum atomic E-state index is 13.1. The summed E-state index contributed by atoms with van der Waals surface area (Å²) in [6, 6.07) is 11.5. The third kappa shape index (κ3) is 4.41. The van der Waals surface area contributed by atoms with Crippen LogP contribution >= 0.6 is 11.6 Å². The highest BCUT2D eigenvalue weighted by Crippen LogP contribution is 2.26. The molecular formula is C21H17ClF2N4O3. The number of benzene rings is 1. The molecule has 0 saturated carbocycles. The van der Waals surface area contributed by atoms with Crippen molar-refractivity contribution in [3.8, 4) is 0 Å². The molecule has 3 heterocycles. The number of carbonyl (C=O) groups is 2. The number of nitrogens with one attached hydrogen (secondary N) is 1. The predicted octanol–water partition coefficient (Wildman–Crippen LogP) is 2.46. The summed E-state index contributed by atoms with van der Waals surface area (Å²) in [4.78, 5) is 43.2. The lowest BCUT2D eigenvalue weighted by Crippen LogP contribution is -2.59. The Bertz CT molecular complexity index is 1220. The maximum absolute atomic E-state index is 13.1. The molecule has 160 valence electrons. The average Bonchev–Trinajstić information content (AvgIpc) is 2.73. The van der Waals surface area contributed by atoms with Gasteiger partial charge in [0.05, 0.1) is 13.1 Å². The van der Waals surface area contributed by atoms with Crippen LogP contribution in [0.3, 0.4) is 0 Å². The van der Waals surface area contributed by atoms with E-state index in [-0.39, 0.29) is 17.8 Å². The van der Waals surface area contributed by atoms with Crippen molar-refractivity contribution in [2.45, 2.75) is 19.0 Å². The van der Waals surface area contributed by atoms with Crippen LogP contribution in [0.1, 0.15) is 15.9 Å². The Kier molecular flexibility index (Phi) is 5.45. The number of rotatable bonds is 5. The summed E-state index contributed by atoms with van der Waals surface area (Å²) in [6.45, 7) is -1.69. The minimum Gasteiger partial charge on any atom is -0.348 e. The van der Waals surface area contributed by atoms with Gasteiger partial charge in [0, 0.05) is 23.2 Å². The second-order valence-electron chi connectivity index (χ2n) is 7.28. The topological polar surface area (TPSA) is 84.3 Å². The molecule has 0 atom stereocenters. The molecule has 1 aromatic carbocycles. The summed E-state index contributed by atoms with van der Waals surface area (Å²) in [7, 11) is 0. The van der Waals surface area contributed by atoms with Gasteiger partial charge in [-0.05, 0) is 35.9 Å². The van der Waals surface area contributed by atoms with Gasteiger partial charge in [-0.2, -0.15) is 0 Å². The minimum atomic E-state index is -2.91. The molecule has 0 bridgehead atoms. The number of carbonyl (C=O) groups excluding carboxylic acids is 2. The molecule has 0 unspecified atom stereocenters. The first-order valence-corrected chi connectivity index (χ1v) is 9.78. The fraction of sp³-hybridized carbons (Fsp3) is 0.238. The second-order valence-corrected chi connectivity index (χ2v) is 7.72. The van der Waals surface area contributed by atoms with E-state index in [4.69, 9.17) is 11.6 Å². The van der Waals surface area contributed by atoms with Gasteiger partial charge < -0.3 is 10.2 Å². The Balaban J connectivity index is 1.61. The molecule has 1 aliphatic rings. The summed E-state index contributed by atoms with van der Waals surface area (Å²) in [6.07, 6.45) is 1.45. The Morgan fingerprint density at radius 2 is 1.87 bits per heavy atom. The lowest BCUT2D eigenvalue weighted by molar-refractivity contribution is -0.166. The molecule has 1 fully saturated rings. The average molecular weight is 447 g/mol. The van der Waals surface area contributed by atoms with E-state index < -0.39 is 42.9 Å². The van der Waals surface area contributed by atoms with E-state index in [1.807, 2.05) is 0 Å². The molecule has 4 rings (SSSR count). The van der Waals surface area contributed by atoms with Crippen LogP contribution in [0, 0.1) is 0 Å². The molecule has 2 amide bonds. The van der Waals surface area contributed by atoms with E-state index in [2.05, 4.69) is 10.3 Å². The number of hydrogen-bond donors (Lipinski definition) is 1. The van der Waals surface area contributed by atoms with Crippen molar-refractivity contribution in [2.24, 2.45) is 0 Å². The standard InChI is InChI=1S/C21H17ClF2N4O3/c22-15-5-3-13(4-6-15)9-26-19(30)16-8-14-2-1-7-25-18(14)28(20(16)31)10-17(29)27-11-21(23,24)12-27/h1-8H,9-12H2,(H,26,30). The number of amides is 2. The van der Waals surface area contributed by atoms with Crippen molar-refractivity contribution >= 4 is 34.4 Å². The number of pyridine rings is 2. The van der Waals surface area contributed by atoms with Gasteiger partial charge in [-0.1, -0.05) is 23.7 Å². The largest absolute Gasteiger partial charge is 0.348 e. The third-order valence-electron chi connectivity index (χ3n) is 4.95. The molecule has 0 radical (unpaired) electrons. The number of aromatic nitrogens is 2. The molecule has 2 aromatic heterocycles. The summed E-state index contributed by atoms with van der Waals surface area (Å²) in [5, 5.41) is 3.70. The normalized spacial score (nSPS) is 14.9. The van der Waals surface area contributed by atoms with E-state index in [0.29, 0.717) is 10.4 Å². The molecule has 1 aliphatic heterocycles. The van der Waals surface area contributed by atoms with Crippen LogP contribution in [-0.4, -0.2) is 45.3 Å². The van der Waals surface area contributed by atoms with Crippen molar-refractivity contribution in [2.75, 3.05) is 13.1 Å². The van der Waals surface area contributed by atoms with Gasteiger partial charge in [-0.25, -0.2) is 13.8 Å². The van der Waals surface area contributed by atoms with Crippen LogP contribution in [-0.2, 0) is 17.9 Å². The molecule has 1 N–H and O–H groups in total. The number of halogens is 3. The highest BCUT2D eigenvalue weighted by molar-refractivity contribution is 6.30. The summed E-state index contributed by atoms with van der Waals surface area (Å²) < 4.78 is 27.2. The van der Waals surface area contributed by atoms with Crippen LogP contribution < -0.4 is 10.9 Å². The Hall–Kier alpha value is -3.33. The molecule has 3 aromatic rings. The van der Waals surface area contributed by atoms with Crippen LogP contribution in [0.25, 0.3) is 11.0 Å². The van der Waals surface area contributed by atoms with Crippen molar-refractivity contribution < 1.29 is 18.4 Å². The molecule has 0 spiro atoms. The summed E-state index contributed by atoms with van der Waals surface area (Å²) >= 11 is 5.85. The first-order valence-electron chi connectivity index (χ1n) is 9.40. The van der Waals surface area contributed by atoms with E-state index >= 15 is 0 Å². The van der Waals surface area contributed by atoms with Gasteiger partial charge in [-0.3, -0.25) is 19.0 Å². The van der Waals surface area contributed by atoms with Gasteiger partial charge in [0.15, 0.2) is 0 Å². The molecule has 7 nitrogen and oxygen atoms in total. The number of fused-ring (bicyclic) bond motifs is 1. The van der Waals surface area contributed by atoms with Crippen molar-refractivity contribution in [1.29, 1.82) is 0 Å². The van der Waals surface area contributed by atoms with Gasteiger partial charge in [-0.15, -0.1) is 0 Å². The fourth-order valence-electron chi connectivity index (χ4n) is 3.32. The lowest BCUT2D eigenvalue weighted by atomic mass is 10.1. The number of alkyl halides is 2. The van der Waals surface area contributed by atoms with E-state index in [9.17, 15) is 23.2 Å². The van der Waals surface area contributed by atoms with Crippen molar-refractivity contribution in [3.63, 3.8) is 0 Å². The van der Waals surface area contributed by atoms with E-state index in [1.54, 1.807) is 36.4 Å². The van der Waals surface area contributed by atoms with E-state index in [0.717, 1.165) is 15.0 Å². The molecule has 1 saturated heterocycles. The van der Waals surface area contributed by atoms with Gasteiger partial charge in [0.1, 0.15) is 17.8 Å². The van der Waals surface area contributed by atoms with Crippen LogP contribution in [0.4, 0.5) is 8.78 Å². The fourth-order valence-corrected chi connectivity index (χ4v) is 3.45. The Morgan fingerprint density at radius 1 is 1.16 bits per heavy atom. The number of hydrogen-bond acceptors (Lipinski definition) is 4. The third-order valence-corrected chi connectivity index (χ3v) is 5.20. The molecular weight excluding hydrogens is 430 g/mol. The van der Waals surface area contributed by atoms with Crippen LogP contribution in [0.5, 0.6) is 0 Å². The van der Waals surface area contributed by atoms with Gasteiger partial charge in [0.25, 0.3) is 17.4 Å². The second kappa shape index (κ2) is 8.07. The molecule has 10 heteroatoms. The zero-order chi connectivity index (χ0) is 22.2. The predicted molar refractivity (Wildman–Crippen MR) is 110 cm³/mol. The molecule has 0 aliphatic carbocycles. The summed E-state index contributed by atoms with van der Waals surface area (Å²) in [5.74, 6) is -4.18. The number of likely N-dealkylation sites (tertiary alicyclic amines) is 1. The molecule has 31 heavy (non-hydrogen) atoms. The lowest BCUT2D eigenvalue weighted by Gasteiger charge is -2.38. The highest BCUT2D eigenvalue weighted by atomic mass is 35.5. The number of nitrogens with zero attached hydrogens (tertiary/aromatic N) is 3. The van der Waals surface area contributed by atoms with Crippen molar-refractivity contribution in [1.82, 2.24) is 19.8 Å². The van der Waals surface area contributed by atoms with Gasteiger partial charge >= 0.3 is 0 Å². The van der Waals surface area contributed by atoms with Crippen LogP contribution in [0.2, 0.25) is 5.02 Å². The highest BCUT2D eigenvalue weighted by Gasteiger charge is 2.46. The Labute approximate surface area is 180 Å². The first-order chi connectivity index (χ1) is 14.7. The minimum absolute atomic E-state index is 0.169. The first kappa shape index (κ1) is 20.9. The maximum Gasteiger partial charge on any atom is 0.282 e. The van der Waals surface area contributed by atoms with Crippen molar-refractivity contribution in [3.05, 3.63) is 75.2 Å². The quantitative estimate of drug-likeness (QED) is 0.652. The Morgan fingerprint density at radius 3 is 2.55 bits per heavy atom. The summed E-state index contributed by atoms with van der Waals surface area (Å²) in [5.41, 5.74) is 0.0912. The zero-order valence-electron chi connectivity index (χ0n) is 16.1. The van der Waals surface area contributed by atoms with Crippen LogP contribution in [0.15, 0.2) is 53.5 Å². The monoisotopic (exact) mass is 446 g/mol.